The second kappa shape index (κ2) is 9.94. The molecule has 0 spiro atoms. The zero-order chi connectivity index (χ0) is 23.4. The lowest BCUT2D eigenvalue weighted by Crippen LogP contribution is -2.30. The lowest BCUT2D eigenvalue weighted by molar-refractivity contribution is 0.0690. The summed E-state index contributed by atoms with van der Waals surface area (Å²) in [5.74, 6) is -0.775. The number of ketones is 1. The topological polar surface area (TPSA) is 104 Å². The second-order valence-electron chi connectivity index (χ2n) is 8.38. The number of pyridine rings is 1. The summed E-state index contributed by atoms with van der Waals surface area (Å²) >= 11 is 0. The van der Waals surface area contributed by atoms with Gasteiger partial charge in [-0.25, -0.2) is 9.78 Å². The molecule has 7 nitrogen and oxygen atoms in total. The molecule has 2 aromatic rings. The number of aryl methyl sites for hydroxylation is 2. The van der Waals surface area contributed by atoms with Crippen LogP contribution in [0.15, 0.2) is 24.3 Å². The molecule has 0 saturated heterocycles. The minimum atomic E-state index is -1.12. The van der Waals surface area contributed by atoms with Crippen LogP contribution in [0, 0.1) is 5.41 Å². The summed E-state index contributed by atoms with van der Waals surface area (Å²) in [5.41, 5.74) is 3.52. The molecule has 0 atom stereocenters. The van der Waals surface area contributed by atoms with Crippen molar-refractivity contribution in [2.45, 2.75) is 66.0 Å². The third-order valence-corrected chi connectivity index (χ3v) is 5.51. The van der Waals surface area contributed by atoms with Crippen LogP contribution in [0.5, 0.6) is 5.75 Å². The lowest BCUT2D eigenvalue weighted by Gasteiger charge is -2.20. The van der Waals surface area contributed by atoms with Crippen LogP contribution >= 0.6 is 0 Å². The third kappa shape index (κ3) is 4.98. The molecule has 1 aliphatic heterocycles. The van der Waals surface area contributed by atoms with Gasteiger partial charge in [-0.1, -0.05) is 26.3 Å². The first-order valence-electron chi connectivity index (χ1n) is 11.2. The number of carbonyl (C=O) groups is 2. The van der Waals surface area contributed by atoms with Crippen LogP contribution in [0.25, 0.3) is 0 Å². The van der Waals surface area contributed by atoms with Crippen LogP contribution in [0.2, 0.25) is 0 Å². The molecule has 2 heterocycles. The number of fused-ring (bicyclic) bond motifs is 1. The van der Waals surface area contributed by atoms with E-state index >= 15 is 0 Å². The van der Waals surface area contributed by atoms with E-state index in [2.05, 4.69) is 11.9 Å². The fourth-order valence-electron chi connectivity index (χ4n) is 3.83. The lowest BCUT2D eigenvalue weighted by atomic mass is 9.97. The second-order valence-corrected chi connectivity index (χ2v) is 8.38. The molecular formula is C25H31N3O4. The van der Waals surface area contributed by atoms with E-state index in [-0.39, 0.29) is 29.8 Å². The predicted octanol–water partition coefficient (Wildman–Crippen LogP) is 4.50. The highest BCUT2D eigenvalue weighted by Gasteiger charge is 2.29. The predicted molar refractivity (Wildman–Crippen MR) is 123 cm³/mol. The van der Waals surface area contributed by atoms with Crippen LogP contribution in [0.1, 0.15) is 83.8 Å². The Bertz CT molecular complexity index is 1050. The number of rotatable bonds is 10. The van der Waals surface area contributed by atoms with E-state index in [1.807, 2.05) is 32.9 Å². The largest absolute Gasteiger partial charge is 0.490 e. The van der Waals surface area contributed by atoms with E-state index in [1.165, 1.54) is 6.07 Å². The monoisotopic (exact) mass is 437 g/mol. The standard InChI is InChI=1S/C25H31N3O4/c1-5-7-8-16-11-18(12-20(25(30)31)23(16)32-15(3)4)21(29)14-28-13-17-9-10-19(6-2)27-22(17)24(28)26/h9-12,15,26H,5-8,13-14H2,1-4H3,(H,30,31). The molecule has 1 aliphatic rings. The SMILES string of the molecule is CCCCc1cc(C(=O)CN2Cc3ccc(CC)nc3C2=N)cc(C(=O)O)c1OC(C)C. The Labute approximate surface area is 188 Å². The maximum Gasteiger partial charge on any atom is 0.339 e. The number of carboxylic acid groups (broad SMARTS) is 1. The molecule has 0 aliphatic carbocycles. The van der Waals surface area contributed by atoms with Crippen LogP contribution in [-0.2, 0) is 19.4 Å². The number of nitrogens with one attached hydrogen (secondary N) is 1. The van der Waals surface area contributed by atoms with E-state index < -0.39 is 5.97 Å². The van der Waals surface area contributed by atoms with Crippen molar-refractivity contribution < 1.29 is 19.4 Å². The smallest absolute Gasteiger partial charge is 0.339 e. The van der Waals surface area contributed by atoms with E-state index in [9.17, 15) is 14.7 Å². The molecule has 0 fully saturated rings. The van der Waals surface area contributed by atoms with E-state index in [0.717, 1.165) is 36.1 Å². The van der Waals surface area contributed by atoms with E-state index in [4.69, 9.17) is 10.1 Å². The van der Waals surface area contributed by atoms with Crippen molar-refractivity contribution in [2.24, 2.45) is 0 Å². The van der Waals surface area contributed by atoms with Crippen molar-refractivity contribution in [1.82, 2.24) is 9.88 Å². The first-order valence-corrected chi connectivity index (χ1v) is 11.2. The molecule has 170 valence electrons. The van der Waals surface area contributed by atoms with Gasteiger partial charge in [0, 0.05) is 23.4 Å². The molecule has 0 bridgehead atoms. The normalized spacial score (nSPS) is 12.9. The number of aromatic nitrogens is 1. The Hall–Kier alpha value is -3.22. The van der Waals surface area contributed by atoms with Crippen molar-refractivity contribution in [3.8, 4) is 5.75 Å². The summed E-state index contributed by atoms with van der Waals surface area (Å²) < 4.78 is 5.84. The van der Waals surface area contributed by atoms with Gasteiger partial charge in [0.25, 0.3) is 0 Å². The fraction of sp³-hybridized carbons (Fsp3) is 0.440. The molecule has 32 heavy (non-hydrogen) atoms. The number of hydrogen-bond acceptors (Lipinski definition) is 5. The highest BCUT2D eigenvalue weighted by Crippen LogP contribution is 2.30. The van der Waals surface area contributed by atoms with Gasteiger partial charge in [-0.05, 0) is 56.9 Å². The van der Waals surface area contributed by atoms with Gasteiger partial charge in [0.05, 0.1) is 12.6 Å². The van der Waals surface area contributed by atoms with Crippen molar-refractivity contribution in [3.05, 3.63) is 57.9 Å². The van der Waals surface area contributed by atoms with Crippen LogP contribution in [-0.4, -0.2) is 45.2 Å². The quantitative estimate of drug-likeness (QED) is 0.531. The number of benzene rings is 1. The van der Waals surface area contributed by atoms with Gasteiger partial charge in [0.1, 0.15) is 22.8 Å². The number of ether oxygens (including phenoxy) is 1. The summed E-state index contributed by atoms with van der Waals surface area (Å²) in [6, 6.07) is 7.06. The highest BCUT2D eigenvalue weighted by molar-refractivity contribution is 6.05. The van der Waals surface area contributed by atoms with Crippen LogP contribution < -0.4 is 4.74 Å². The van der Waals surface area contributed by atoms with Gasteiger partial charge in [0.2, 0.25) is 0 Å². The molecule has 0 radical (unpaired) electrons. The van der Waals surface area contributed by atoms with Gasteiger partial charge in [-0.3, -0.25) is 10.2 Å². The highest BCUT2D eigenvalue weighted by atomic mass is 16.5. The maximum atomic E-state index is 13.2. The molecule has 7 heteroatoms. The summed E-state index contributed by atoms with van der Waals surface area (Å²) in [7, 11) is 0. The number of nitrogens with zero attached hydrogens (tertiary/aromatic N) is 2. The Kier molecular flexibility index (Phi) is 7.28. The third-order valence-electron chi connectivity index (χ3n) is 5.51. The van der Waals surface area contributed by atoms with Crippen LogP contribution in [0.3, 0.4) is 0 Å². The number of unbranched alkanes of at least 4 members (excludes halogenated alkanes) is 1. The Morgan fingerprint density at radius 2 is 2.00 bits per heavy atom. The first kappa shape index (κ1) is 23.4. The van der Waals surface area contributed by atoms with Crippen molar-refractivity contribution >= 4 is 17.6 Å². The summed E-state index contributed by atoms with van der Waals surface area (Å²) in [6.45, 7) is 8.21. The average Bonchev–Trinajstić information content (AvgIpc) is 3.06. The van der Waals surface area contributed by atoms with Crippen molar-refractivity contribution in [3.63, 3.8) is 0 Å². The van der Waals surface area contributed by atoms with Gasteiger partial charge in [-0.2, -0.15) is 0 Å². The Balaban J connectivity index is 1.89. The molecule has 1 aromatic heterocycles. The number of carboxylic acids is 1. The summed E-state index contributed by atoms with van der Waals surface area (Å²) in [4.78, 5) is 31.3. The Morgan fingerprint density at radius 3 is 2.62 bits per heavy atom. The average molecular weight is 438 g/mol. The molecule has 2 N–H and O–H groups in total. The van der Waals surface area contributed by atoms with Gasteiger partial charge >= 0.3 is 5.97 Å². The molecule has 3 rings (SSSR count). The minimum Gasteiger partial charge on any atom is -0.490 e. The zero-order valence-electron chi connectivity index (χ0n) is 19.2. The molecule has 1 aromatic carbocycles. The minimum absolute atomic E-state index is 0.00434. The molecule has 0 amide bonds. The number of aromatic carboxylic acids is 1. The first-order chi connectivity index (χ1) is 15.2. The van der Waals surface area contributed by atoms with Gasteiger partial charge < -0.3 is 14.7 Å². The maximum absolute atomic E-state index is 13.2. The van der Waals surface area contributed by atoms with Crippen LogP contribution in [0.4, 0.5) is 0 Å². The number of Topliss-reactive ketones (excluding diaryl/α,β-unsaturated/α-hetero) is 1. The Morgan fingerprint density at radius 1 is 1.25 bits per heavy atom. The number of hydrogen-bond donors (Lipinski definition) is 2. The van der Waals surface area contributed by atoms with Gasteiger partial charge in [0.15, 0.2) is 5.78 Å². The number of carbonyl (C=O) groups excluding carboxylic acids is 1. The molecule has 0 saturated carbocycles. The molecule has 0 unspecified atom stereocenters. The van der Waals surface area contributed by atoms with Gasteiger partial charge in [-0.15, -0.1) is 0 Å². The fourth-order valence-corrected chi connectivity index (χ4v) is 3.83. The summed E-state index contributed by atoms with van der Waals surface area (Å²) in [5, 5.41) is 18.3. The molecular weight excluding hydrogens is 406 g/mol. The zero-order valence-corrected chi connectivity index (χ0v) is 19.2. The van der Waals surface area contributed by atoms with E-state index in [1.54, 1.807) is 11.0 Å². The van der Waals surface area contributed by atoms with E-state index in [0.29, 0.717) is 30.0 Å². The summed E-state index contributed by atoms with van der Waals surface area (Å²) in [6.07, 6.45) is 3.04. The van der Waals surface area contributed by atoms with Crippen molar-refractivity contribution in [1.29, 1.82) is 5.41 Å². The number of amidine groups is 1. The van der Waals surface area contributed by atoms with Crippen molar-refractivity contribution in [2.75, 3.05) is 6.54 Å².